The van der Waals surface area contributed by atoms with Crippen molar-refractivity contribution in [3.63, 3.8) is 0 Å². The van der Waals surface area contributed by atoms with Crippen LogP contribution >= 0.6 is 0 Å². The molecule has 1 aromatic heterocycles. The lowest BCUT2D eigenvalue weighted by molar-refractivity contribution is 0.0551. The average Bonchev–Trinajstić information content (AvgIpc) is 2.75. The number of hydrogen-bond acceptors (Lipinski definition) is 5. The molecule has 0 radical (unpaired) electrons. The zero-order valence-electron chi connectivity index (χ0n) is 17.0. The van der Waals surface area contributed by atoms with Gasteiger partial charge in [-0.05, 0) is 60.4 Å². The number of aliphatic hydroxyl groups excluding tert-OH is 2. The lowest BCUT2D eigenvalue weighted by Crippen LogP contribution is -2.38. The van der Waals surface area contributed by atoms with E-state index in [-0.39, 0.29) is 12.4 Å². The second-order valence-electron chi connectivity index (χ2n) is 7.78. The van der Waals surface area contributed by atoms with E-state index < -0.39 is 6.10 Å². The van der Waals surface area contributed by atoms with Gasteiger partial charge in [0.1, 0.15) is 5.82 Å². The van der Waals surface area contributed by atoms with Crippen LogP contribution in [0.1, 0.15) is 16.7 Å². The van der Waals surface area contributed by atoms with Gasteiger partial charge < -0.3 is 15.5 Å². The highest BCUT2D eigenvalue weighted by Gasteiger charge is 2.20. The first kappa shape index (κ1) is 20.5. The van der Waals surface area contributed by atoms with E-state index in [0.29, 0.717) is 6.54 Å². The van der Waals surface area contributed by atoms with E-state index >= 15 is 0 Å². The Hall–Kier alpha value is -2.80. The molecule has 0 aliphatic carbocycles. The van der Waals surface area contributed by atoms with Crippen molar-refractivity contribution in [2.45, 2.75) is 26.0 Å². The van der Waals surface area contributed by atoms with Crippen LogP contribution in [0, 0.1) is 12.7 Å². The number of β-amino-alcohol motifs (C(OH)–C–C–N with tert-alkyl or cyclic N) is 1. The maximum absolute atomic E-state index is 13.2. The van der Waals surface area contributed by atoms with E-state index in [2.05, 4.69) is 27.3 Å². The predicted molar refractivity (Wildman–Crippen MR) is 116 cm³/mol. The summed E-state index contributed by atoms with van der Waals surface area (Å²) in [5, 5.41) is 22.4. The van der Waals surface area contributed by atoms with Crippen LogP contribution in [0.25, 0.3) is 11.3 Å². The topological polar surface area (TPSA) is 68.6 Å². The van der Waals surface area contributed by atoms with E-state index in [9.17, 15) is 9.50 Å². The number of anilines is 2. The van der Waals surface area contributed by atoms with Crippen LogP contribution < -0.4 is 5.32 Å². The molecule has 0 saturated carbocycles. The third-order valence-corrected chi connectivity index (χ3v) is 5.54. The number of nitrogens with zero attached hydrogens (tertiary/aromatic N) is 2. The average molecular weight is 407 g/mol. The van der Waals surface area contributed by atoms with E-state index in [1.807, 2.05) is 31.2 Å². The number of nitrogens with one attached hydrogen (secondary N) is 1. The van der Waals surface area contributed by atoms with Crippen molar-refractivity contribution in [2.75, 3.05) is 25.0 Å². The van der Waals surface area contributed by atoms with E-state index in [4.69, 9.17) is 5.11 Å². The van der Waals surface area contributed by atoms with Crippen molar-refractivity contribution >= 4 is 11.4 Å². The highest BCUT2D eigenvalue weighted by atomic mass is 19.1. The minimum Gasteiger partial charge on any atom is -0.394 e. The minimum atomic E-state index is -0.709. The fourth-order valence-electron chi connectivity index (χ4n) is 3.96. The molecular weight excluding hydrogens is 381 g/mol. The van der Waals surface area contributed by atoms with Gasteiger partial charge in [-0.15, -0.1) is 0 Å². The highest BCUT2D eigenvalue weighted by Crippen LogP contribution is 2.31. The molecule has 4 rings (SSSR count). The van der Waals surface area contributed by atoms with Gasteiger partial charge in [0.25, 0.3) is 0 Å². The number of aromatic nitrogens is 1. The first-order chi connectivity index (χ1) is 14.5. The molecule has 30 heavy (non-hydrogen) atoms. The molecule has 2 heterocycles. The van der Waals surface area contributed by atoms with Crippen molar-refractivity contribution in [3.05, 3.63) is 77.2 Å². The smallest absolute Gasteiger partial charge is 0.141 e. The summed E-state index contributed by atoms with van der Waals surface area (Å²) >= 11 is 0. The number of benzene rings is 2. The maximum Gasteiger partial charge on any atom is 0.141 e. The summed E-state index contributed by atoms with van der Waals surface area (Å²) in [5.74, 6) is -0.345. The molecule has 3 aromatic rings. The Kier molecular flexibility index (Phi) is 6.08. The molecule has 1 unspecified atom stereocenters. The molecule has 0 saturated heterocycles. The first-order valence-corrected chi connectivity index (χ1v) is 10.1. The molecule has 0 amide bonds. The van der Waals surface area contributed by atoms with Gasteiger partial charge in [-0.1, -0.05) is 18.2 Å². The van der Waals surface area contributed by atoms with Crippen LogP contribution in [-0.4, -0.2) is 45.9 Å². The summed E-state index contributed by atoms with van der Waals surface area (Å²) in [5.41, 5.74) is 7.30. The molecule has 1 atom stereocenters. The van der Waals surface area contributed by atoms with E-state index in [1.165, 1.54) is 23.4 Å². The molecule has 1 aliphatic heterocycles. The van der Waals surface area contributed by atoms with Crippen LogP contribution in [0.4, 0.5) is 15.8 Å². The molecule has 2 aromatic carbocycles. The summed E-state index contributed by atoms with van der Waals surface area (Å²) < 4.78 is 13.2. The molecule has 1 aliphatic rings. The first-order valence-electron chi connectivity index (χ1n) is 10.1. The normalized spacial score (nSPS) is 14.9. The molecule has 0 bridgehead atoms. The molecule has 0 spiro atoms. The lowest BCUT2D eigenvalue weighted by atomic mass is 9.97. The van der Waals surface area contributed by atoms with Crippen LogP contribution in [0.5, 0.6) is 0 Å². The van der Waals surface area contributed by atoms with Gasteiger partial charge in [-0.2, -0.15) is 0 Å². The lowest BCUT2D eigenvalue weighted by Gasteiger charge is -2.31. The van der Waals surface area contributed by atoms with Gasteiger partial charge in [0.2, 0.25) is 0 Å². The molecular formula is C24H26FN3O2. The van der Waals surface area contributed by atoms with Crippen LogP contribution in [0.15, 0.2) is 54.7 Å². The molecule has 5 nitrogen and oxygen atoms in total. The standard InChI is InChI=1S/C24H26FN3O2/c1-16-5-7-19(11-22(16)23-8-6-18(25)12-26-23)27-24-4-2-3-17-13-28(10-9-21(17)24)14-20(30)15-29/h2-8,11-12,20,27,29-30H,9-10,13-15H2,1H3. The Labute approximate surface area is 175 Å². The maximum atomic E-state index is 13.2. The van der Waals surface area contributed by atoms with Gasteiger partial charge in [0, 0.05) is 36.6 Å². The van der Waals surface area contributed by atoms with Gasteiger partial charge in [0.15, 0.2) is 0 Å². The quantitative estimate of drug-likeness (QED) is 0.582. The van der Waals surface area contributed by atoms with E-state index in [1.54, 1.807) is 6.07 Å². The van der Waals surface area contributed by atoms with Crippen molar-refractivity contribution in [3.8, 4) is 11.3 Å². The van der Waals surface area contributed by atoms with Gasteiger partial charge in [0.05, 0.1) is 24.6 Å². The summed E-state index contributed by atoms with van der Waals surface area (Å²) in [6.45, 7) is 3.86. The number of fused-ring (bicyclic) bond motifs is 1. The Morgan fingerprint density at radius 3 is 2.83 bits per heavy atom. The molecule has 3 N–H and O–H groups in total. The second kappa shape index (κ2) is 8.92. The summed E-state index contributed by atoms with van der Waals surface area (Å²) in [6, 6.07) is 15.5. The van der Waals surface area contributed by atoms with Gasteiger partial charge >= 0.3 is 0 Å². The summed E-state index contributed by atoms with van der Waals surface area (Å²) in [4.78, 5) is 6.38. The Balaban J connectivity index is 1.57. The zero-order valence-corrected chi connectivity index (χ0v) is 17.0. The van der Waals surface area contributed by atoms with E-state index in [0.717, 1.165) is 47.7 Å². The Morgan fingerprint density at radius 1 is 1.20 bits per heavy atom. The molecule has 6 heteroatoms. The van der Waals surface area contributed by atoms with Crippen molar-refractivity contribution in [1.82, 2.24) is 9.88 Å². The summed E-state index contributed by atoms with van der Waals surface area (Å²) in [7, 11) is 0. The highest BCUT2D eigenvalue weighted by molar-refractivity contribution is 5.73. The third kappa shape index (κ3) is 4.51. The third-order valence-electron chi connectivity index (χ3n) is 5.54. The Morgan fingerprint density at radius 2 is 2.07 bits per heavy atom. The number of rotatable bonds is 6. The summed E-state index contributed by atoms with van der Waals surface area (Å²) in [6.07, 6.45) is 1.40. The van der Waals surface area contributed by atoms with Gasteiger partial charge in [-0.25, -0.2) is 4.39 Å². The number of pyridine rings is 1. The molecule has 0 fully saturated rings. The number of aryl methyl sites for hydroxylation is 1. The number of hydrogen-bond donors (Lipinski definition) is 3. The largest absolute Gasteiger partial charge is 0.394 e. The van der Waals surface area contributed by atoms with Crippen LogP contribution in [-0.2, 0) is 13.0 Å². The number of halogens is 1. The predicted octanol–water partition coefficient (Wildman–Crippen LogP) is 3.65. The zero-order chi connectivity index (χ0) is 21.1. The number of aliphatic hydroxyl groups is 2. The fraction of sp³-hybridized carbons (Fsp3) is 0.292. The van der Waals surface area contributed by atoms with Crippen molar-refractivity contribution in [1.29, 1.82) is 0 Å². The van der Waals surface area contributed by atoms with Crippen LogP contribution in [0.3, 0.4) is 0 Å². The Bertz CT molecular complexity index is 1020. The fourth-order valence-corrected chi connectivity index (χ4v) is 3.96. The monoisotopic (exact) mass is 407 g/mol. The van der Waals surface area contributed by atoms with Crippen molar-refractivity contribution in [2.24, 2.45) is 0 Å². The van der Waals surface area contributed by atoms with Gasteiger partial charge in [-0.3, -0.25) is 9.88 Å². The van der Waals surface area contributed by atoms with Crippen molar-refractivity contribution < 1.29 is 14.6 Å². The minimum absolute atomic E-state index is 0.219. The second-order valence-corrected chi connectivity index (χ2v) is 7.78. The van der Waals surface area contributed by atoms with Crippen LogP contribution in [0.2, 0.25) is 0 Å². The molecule has 156 valence electrons. The SMILES string of the molecule is Cc1ccc(Nc2cccc3c2CCN(CC(O)CO)C3)cc1-c1ccc(F)cn1.